The molecule has 2 aromatic rings. The molecule has 41 heavy (non-hydrogen) atoms. The summed E-state index contributed by atoms with van der Waals surface area (Å²) in [7, 11) is -1.08. The smallest absolute Gasteiger partial charge is 0.475 e. The van der Waals surface area contributed by atoms with E-state index in [0.717, 1.165) is 30.2 Å². The number of piperidine rings is 1. The Labute approximate surface area is 230 Å². The minimum atomic E-state index is -5.08. The Morgan fingerprint density at radius 1 is 0.976 bits per heavy atom. The molecule has 1 fully saturated rings. The van der Waals surface area contributed by atoms with E-state index in [2.05, 4.69) is 16.5 Å². The second-order valence-electron chi connectivity index (χ2n) is 8.99. The molecule has 4 rings (SSSR count). The molecule has 230 valence electrons. The zero-order valence-electron chi connectivity index (χ0n) is 21.7. The Morgan fingerprint density at radius 3 is 1.93 bits per heavy atom. The Morgan fingerprint density at radius 2 is 1.49 bits per heavy atom. The molecule has 2 aliphatic heterocycles. The van der Waals surface area contributed by atoms with Crippen LogP contribution >= 0.6 is 0 Å². The fraction of sp³-hybridized carbons (Fsp3) is 0.522. The lowest BCUT2D eigenvalue weighted by Crippen LogP contribution is -2.57. The quantitative estimate of drug-likeness (QED) is 0.498. The number of imidazole rings is 1. The summed E-state index contributed by atoms with van der Waals surface area (Å²) in [5, 5.41) is 14.2. The van der Waals surface area contributed by atoms with Crippen molar-refractivity contribution in [3.8, 4) is 11.3 Å². The van der Waals surface area contributed by atoms with Crippen molar-refractivity contribution in [2.45, 2.75) is 44.2 Å². The van der Waals surface area contributed by atoms with Crippen LogP contribution in [0.15, 0.2) is 30.5 Å². The van der Waals surface area contributed by atoms with Crippen molar-refractivity contribution in [1.82, 2.24) is 18.8 Å². The van der Waals surface area contributed by atoms with Crippen LogP contribution in [0.1, 0.15) is 25.6 Å². The van der Waals surface area contributed by atoms with E-state index >= 15 is 0 Å². The van der Waals surface area contributed by atoms with Crippen LogP contribution in [-0.4, -0.2) is 94.1 Å². The number of sulfonamides is 1. The number of aromatic nitrogens is 2. The molecule has 2 N–H and O–H groups in total. The number of carbonyl (C=O) groups is 2. The van der Waals surface area contributed by atoms with Crippen LogP contribution in [0, 0.1) is 5.82 Å². The Bertz CT molecular complexity index is 1310. The van der Waals surface area contributed by atoms with Gasteiger partial charge in [0.05, 0.1) is 23.2 Å². The van der Waals surface area contributed by atoms with Gasteiger partial charge in [-0.25, -0.2) is 31.7 Å². The summed E-state index contributed by atoms with van der Waals surface area (Å²) in [5.41, 5.74) is 1.46. The highest BCUT2D eigenvalue weighted by atomic mass is 32.2. The van der Waals surface area contributed by atoms with E-state index in [4.69, 9.17) is 24.8 Å². The van der Waals surface area contributed by atoms with Crippen LogP contribution in [0.3, 0.4) is 0 Å². The first kappa shape index (κ1) is 34.0. The third-order valence-electron chi connectivity index (χ3n) is 6.57. The molecule has 1 aromatic carbocycles. The molecule has 1 aromatic heterocycles. The molecule has 1 saturated heterocycles. The summed E-state index contributed by atoms with van der Waals surface area (Å²) < 4.78 is 105. The molecule has 0 aliphatic carbocycles. The monoisotopic (exact) mass is 620 g/mol. The zero-order valence-corrected chi connectivity index (χ0v) is 22.5. The number of benzene rings is 1. The highest BCUT2D eigenvalue weighted by Crippen LogP contribution is 2.42. The molecular weight excluding hydrogens is 593 g/mol. The number of rotatable bonds is 3. The molecule has 1 spiro atoms. The maximum absolute atomic E-state index is 13.7. The third-order valence-corrected chi connectivity index (χ3v) is 8.46. The van der Waals surface area contributed by atoms with Crippen molar-refractivity contribution in [2.24, 2.45) is 0 Å². The van der Waals surface area contributed by atoms with Crippen LogP contribution < -0.4 is 0 Å². The summed E-state index contributed by atoms with van der Waals surface area (Å²) >= 11 is 0. The number of nitrogens with zero attached hydrogens (tertiary/aromatic N) is 4. The molecule has 0 saturated carbocycles. The van der Waals surface area contributed by atoms with Crippen LogP contribution in [0.25, 0.3) is 11.3 Å². The van der Waals surface area contributed by atoms with Crippen molar-refractivity contribution in [3.05, 3.63) is 42.1 Å². The van der Waals surface area contributed by atoms with Crippen molar-refractivity contribution in [3.63, 3.8) is 0 Å². The lowest BCUT2D eigenvalue weighted by atomic mass is 9.84. The number of hydrogen-bond acceptors (Lipinski definition) is 6. The third kappa shape index (κ3) is 8.16. The minimum Gasteiger partial charge on any atom is -0.475 e. The van der Waals surface area contributed by atoms with E-state index in [0.29, 0.717) is 25.9 Å². The first-order valence-corrected chi connectivity index (χ1v) is 13.5. The summed E-state index contributed by atoms with van der Waals surface area (Å²) in [5.74, 6) is -4.68. The van der Waals surface area contributed by atoms with E-state index < -0.39 is 34.3 Å². The Balaban J connectivity index is 0.000000349. The minimum absolute atomic E-state index is 0.133. The molecule has 18 heteroatoms. The maximum Gasteiger partial charge on any atom is 0.490 e. The number of likely N-dealkylation sites (N-methyl/N-ethyl adjacent to an activating group) is 1. The summed E-state index contributed by atoms with van der Waals surface area (Å²) in [6, 6.07) is 6.58. The molecule has 0 unspecified atom stereocenters. The molecule has 0 radical (unpaired) electrons. The Kier molecular flexibility index (Phi) is 10.5. The van der Waals surface area contributed by atoms with Crippen LogP contribution in [0.5, 0.6) is 0 Å². The van der Waals surface area contributed by atoms with E-state index in [1.165, 1.54) is 12.1 Å². The second kappa shape index (κ2) is 12.7. The number of hydrogen-bond donors (Lipinski definition) is 2. The average molecular weight is 621 g/mol. The number of halogens is 7. The molecular formula is C23H27F7N4O6S. The van der Waals surface area contributed by atoms with Gasteiger partial charge in [0.25, 0.3) is 0 Å². The summed E-state index contributed by atoms with van der Waals surface area (Å²) in [4.78, 5) is 24.8. The molecule has 3 heterocycles. The maximum atomic E-state index is 13.7. The fourth-order valence-electron chi connectivity index (χ4n) is 4.41. The summed E-state index contributed by atoms with van der Waals surface area (Å²) in [6.45, 7) is 4.33. The van der Waals surface area contributed by atoms with Gasteiger partial charge in [-0.05, 0) is 38.9 Å². The van der Waals surface area contributed by atoms with Crippen molar-refractivity contribution >= 4 is 22.0 Å². The van der Waals surface area contributed by atoms with Gasteiger partial charge >= 0.3 is 24.3 Å². The molecule has 10 nitrogen and oxygen atoms in total. The first-order valence-electron chi connectivity index (χ1n) is 11.9. The second-order valence-corrected chi connectivity index (χ2v) is 11.2. The highest BCUT2D eigenvalue weighted by Gasteiger charge is 2.47. The molecule has 2 aliphatic rings. The van der Waals surface area contributed by atoms with E-state index in [-0.39, 0.29) is 17.1 Å². The fourth-order valence-corrected chi connectivity index (χ4v) is 5.51. The van der Waals surface area contributed by atoms with E-state index in [1.807, 2.05) is 12.3 Å². The lowest BCUT2D eigenvalue weighted by molar-refractivity contribution is -0.193. The normalized spacial score (nSPS) is 17.5. The van der Waals surface area contributed by atoms with Gasteiger partial charge in [-0.2, -0.15) is 26.3 Å². The highest BCUT2D eigenvalue weighted by molar-refractivity contribution is 7.89. The number of aliphatic carboxylic acids is 2. The average Bonchev–Trinajstić information content (AvgIpc) is 3.32. The van der Waals surface area contributed by atoms with Gasteiger partial charge in [0, 0.05) is 31.7 Å². The van der Waals surface area contributed by atoms with Crippen LogP contribution in [-0.2, 0) is 31.7 Å². The Hall–Kier alpha value is -3.25. The lowest BCUT2D eigenvalue weighted by Gasteiger charge is -2.49. The number of carboxylic acid groups (broad SMARTS) is 2. The van der Waals surface area contributed by atoms with Gasteiger partial charge in [-0.15, -0.1) is 0 Å². The summed E-state index contributed by atoms with van der Waals surface area (Å²) in [6.07, 6.45) is -6.93. The van der Waals surface area contributed by atoms with Gasteiger partial charge in [0.2, 0.25) is 10.0 Å². The molecule has 0 bridgehead atoms. The number of carboxylic acids is 2. The van der Waals surface area contributed by atoms with E-state index in [1.54, 1.807) is 17.3 Å². The predicted molar refractivity (Wildman–Crippen MR) is 130 cm³/mol. The standard InChI is InChI=1S/C19H25FN4O2S.2C2HF3O2/c1-3-27(25,26)23-9-7-19(8-10-23)18-21-14-17(24(18)12-11-22(19)2)15-5-4-6-16(20)13-15;2*3-2(4,5)1(6)7/h4-6,13-14H,3,7-12H2,1-2H3;2*(H,6,7). The number of fused-ring (bicyclic) bond motifs is 2. The topological polar surface area (TPSA) is 133 Å². The van der Waals surface area contributed by atoms with Crippen LogP contribution in [0.2, 0.25) is 0 Å². The largest absolute Gasteiger partial charge is 0.490 e. The molecule has 0 atom stereocenters. The molecule has 0 amide bonds. The number of alkyl halides is 6. The van der Waals surface area contributed by atoms with Gasteiger partial charge < -0.3 is 14.8 Å². The van der Waals surface area contributed by atoms with Gasteiger partial charge in [-0.1, -0.05) is 12.1 Å². The first-order chi connectivity index (χ1) is 18.8. The van der Waals surface area contributed by atoms with Crippen molar-refractivity contribution < 1.29 is 59.0 Å². The van der Waals surface area contributed by atoms with Crippen molar-refractivity contribution in [2.75, 3.05) is 32.4 Å². The van der Waals surface area contributed by atoms with Gasteiger partial charge in [0.1, 0.15) is 11.6 Å². The van der Waals surface area contributed by atoms with Crippen LogP contribution in [0.4, 0.5) is 30.7 Å². The zero-order chi connectivity index (χ0) is 31.4. The van der Waals surface area contributed by atoms with Gasteiger partial charge in [0.15, 0.2) is 0 Å². The predicted octanol–water partition coefficient (Wildman–Crippen LogP) is 3.54. The van der Waals surface area contributed by atoms with Crippen molar-refractivity contribution in [1.29, 1.82) is 0 Å². The van der Waals surface area contributed by atoms with E-state index in [9.17, 15) is 39.2 Å². The van der Waals surface area contributed by atoms with Gasteiger partial charge in [-0.3, -0.25) is 4.90 Å². The SMILES string of the molecule is CCS(=O)(=O)N1CCC2(CC1)c1ncc(-c3cccc(F)c3)n1CCN2C.O=C(O)C(F)(F)F.O=C(O)C(F)(F)F.